The molecule has 21 heavy (non-hydrogen) atoms. The van der Waals surface area contributed by atoms with Crippen LogP contribution in [-0.4, -0.2) is 50.3 Å². The third-order valence-electron chi connectivity index (χ3n) is 4.10. The quantitative estimate of drug-likeness (QED) is 0.894. The Labute approximate surface area is 128 Å². The van der Waals surface area contributed by atoms with Gasteiger partial charge < -0.3 is 5.32 Å². The lowest BCUT2D eigenvalue weighted by Crippen LogP contribution is -2.52. The third-order valence-corrected chi connectivity index (χ3v) is 6.18. The third kappa shape index (κ3) is 3.45. The monoisotopic (exact) mass is 311 g/mol. The van der Waals surface area contributed by atoms with Crippen molar-refractivity contribution in [2.75, 3.05) is 33.2 Å². The van der Waals surface area contributed by atoms with Crippen LogP contribution in [0.3, 0.4) is 0 Å². The van der Waals surface area contributed by atoms with E-state index in [1.54, 1.807) is 11.4 Å². The molecule has 2 rings (SSSR count). The fraction of sp³-hybridized carbons (Fsp3) is 0.600. The summed E-state index contributed by atoms with van der Waals surface area (Å²) in [6.45, 7) is 6.30. The van der Waals surface area contributed by atoms with Gasteiger partial charge >= 0.3 is 0 Å². The van der Waals surface area contributed by atoms with Crippen LogP contribution < -0.4 is 5.32 Å². The van der Waals surface area contributed by atoms with Gasteiger partial charge in [0, 0.05) is 33.2 Å². The topological polar surface area (TPSA) is 52.7 Å². The van der Waals surface area contributed by atoms with E-state index >= 15 is 0 Å². The first kappa shape index (κ1) is 16.4. The molecule has 1 unspecified atom stereocenters. The maximum atomic E-state index is 12.6. The molecular formula is C15H25N3O2S. The molecule has 0 radical (unpaired) electrons. The van der Waals surface area contributed by atoms with Gasteiger partial charge in [-0.2, -0.15) is 17.0 Å². The molecule has 1 aromatic rings. The molecule has 0 aromatic heterocycles. The Hall–Kier alpha value is -0.950. The zero-order valence-electron chi connectivity index (χ0n) is 13.0. The number of hydrogen-bond acceptors (Lipinski definition) is 3. The van der Waals surface area contributed by atoms with E-state index < -0.39 is 10.2 Å². The average molecular weight is 311 g/mol. The van der Waals surface area contributed by atoms with Crippen LogP contribution in [0.4, 0.5) is 0 Å². The summed E-state index contributed by atoms with van der Waals surface area (Å²) in [6.07, 6.45) is 0.990. The van der Waals surface area contributed by atoms with Gasteiger partial charge in [-0.1, -0.05) is 38.1 Å². The van der Waals surface area contributed by atoms with E-state index in [0.29, 0.717) is 26.2 Å². The van der Waals surface area contributed by atoms with E-state index in [2.05, 4.69) is 24.4 Å². The molecule has 1 atom stereocenters. The minimum absolute atomic E-state index is 0.136. The largest absolute Gasteiger partial charge is 0.313 e. The summed E-state index contributed by atoms with van der Waals surface area (Å²) in [7, 11) is -1.76. The molecule has 1 fully saturated rings. The van der Waals surface area contributed by atoms with Crippen molar-refractivity contribution in [3.05, 3.63) is 35.4 Å². The fourth-order valence-electron chi connectivity index (χ4n) is 2.56. The second kappa shape index (κ2) is 6.87. The van der Waals surface area contributed by atoms with Crippen molar-refractivity contribution in [3.63, 3.8) is 0 Å². The Kier molecular flexibility index (Phi) is 5.37. The molecule has 1 N–H and O–H groups in total. The lowest BCUT2D eigenvalue weighted by Gasteiger charge is -2.37. The number of rotatable bonds is 5. The fourth-order valence-corrected chi connectivity index (χ4v) is 4.09. The van der Waals surface area contributed by atoms with E-state index in [-0.39, 0.29) is 6.04 Å². The Morgan fingerprint density at radius 1 is 1.29 bits per heavy atom. The number of nitrogens with one attached hydrogen (secondary N) is 1. The molecule has 5 nitrogen and oxygen atoms in total. The lowest BCUT2D eigenvalue weighted by atomic mass is 10.0. The number of aryl methyl sites for hydroxylation is 1. The second-order valence-corrected chi connectivity index (χ2v) is 7.34. The van der Waals surface area contributed by atoms with Crippen molar-refractivity contribution in [3.8, 4) is 0 Å². The van der Waals surface area contributed by atoms with Gasteiger partial charge in [0.2, 0.25) is 0 Å². The van der Waals surface area contributed by atoms with Crippen molar-refractivity contribution in [2.45, 2.75) is 26.3 Å². The van der Waals surface area contributed by atoms with Crippen molar-refractivity contribution in [1.29, 1.82) is 0 Å². The zero-order valence-corrected chi connectivity index (χ0v) is 13.9. The van der Waals surface area contributed by atoms with Crippen molar-refractivity contribution < 1.29 is 8.42 Å². The highest BCUT2D eigenvalue weighted by atomic mass is 32.2. The number of piperazine rings is 1. The van der Waals surface area contributed by atoms with E-state index in [1.807, 2.05) is 19.1 Å². The highest BCUT2D eigenvalue weighted by Crippen LogP contribution is 2.26. The summed E-state index contributed by atoms with van der Waals surface area (Å²) >= 11 is 0. The molecule has 0 bridgehead atoms. The smallest absolute Gasteiger partial charge is 0.282 e. The van der Waals surface area contributed by atoms with Crippen molar-refractivity contribution >= 4 is 10.2 Å². The van der Waals surface area contributed by atoms with Crippen molar-refractivity contribution in [2.24, 2.45) is 0 Å². The first-order chi connectivity index (χ1) is 10.0. The predicted octanol–water partition coefficient (Wildman–Crippen LogP) is 1.39. The van der Waals surface area contributed by atoms with E-state index in [9.17, 15) is 8.42 Å². The SMILES string of the molecule is CCc1ccc(C2CNCCN2S(=O)(=O)N(C)CC)cc1. The van der Waals surface area contributed by atoms with Gasteiger partial charge in [0.25, 0.3) is 10.2 Å². The second-order valence-electron chi connectivity index (χ2n) is 5.35. The minimum atomic E-state index is -3.40. The first-order valence-corrected chi connectivity index (χ1v) is 8.93. The summed E-state index contributed by atoms with van der Waals surface area (Å²) in [5.41, 5.74) is 2.31. The first-order valence-electron chi connectivity index (χ1n) is 7.53. The van der Waals surface area contributed by atoms with Gasteiger partial charge in [-0.25, -0.2) is 0 Å². The van der Waals surface area contributed by atoms with Crippen LogP contribution in [0.25, 0.3) is 0 Å². The molecule has 0 amide bonds. The van der Waals surface area contributed by atoms with E-state index in [0.717, 1.165) is 12.0 Å². The van der Waals surface area contributed by atoms with Gasteiger partial charge in [0.1, 0.15) is 0 Å². The van der Waals surface area contributed by atoms with Crippen LogP contribution >= 0.6 is 0 Å². The Bertz CT molecular complexity index is 557. The number of benzene rings is 1. The van der Waals surface area contributed by atoms with Crippen LogP contribution in [0, 0.1) is 0 Å². The molecule has 6 heteroatoms. The van der Waals surface area contributed by atoms with Crippen LogP contribution in [-0.2, 0) is 16.6 Å². The summed E-state index contributed by atoms with van der Waals surface area (Å²) in [6, 6.07) is 8.12. The van der Waals surface area contributed by atoms with Gasteiger partial charge in [-0.3, -0.25) is 0 Å². The van der Waals surface area contributed by atoms with Gasteiger partial charge in [-0.15, -0.1) is 0 Å². The van der Waals surface area contributed by atoms with Crippen LogP contribution in [0.5, 0.6) is 0 Å². The number of nitrogens with zero attached hydrogens (tertiary/aromatic N) is 2. The van der Waals surface area contributed by atoms with Crippen molar-refractivity contribution in [1.82, 2.24) is 13.9 Å². The van der Waals surface area contributed by atoms with Crippen LogP contribution in [0.1, 0.15) is 31.0 Å². The molecule has 118 valence electrons. The normalized spacial score (nSPS) is 20.9. The van der Waals surface area contributed by atoms with Gasteiger partial charge in [-0.05, 0) is 17.5 Å². The summed E-state index contributed by atoms with van der Waals surface area (Å²) in [5, 5.41) is 3.30. The predicted molar refractivity (Wildman–Crippen MR) is 85.4 cm³/mol. The molecule has 0 saturated carbocycles. The number of hydrogen-bond donors (Lipinski definition) is 1. The molecule has 1 saturated heterocycles. The Morgan fingerprint density at radius 3 is 2.52 bits per heavy atom. The Morgan fingerprint density at radius 2 is 1.95 bits per heavy atom. The molecular weight excluding hydrogens is 286 g/mol. The Balaban J connectivity index is 2.30. The van der Waals surface area contributed by atoms with Crippen LogP contribution in [0.15, 0.2) is 24.3 Å². The molecule has 1 aromatic carbocycles. The lowest BCUT2D eigenvalue weighted by molar-refractivity contribution is 0.254. The van der Waals surface area contributed by atoms with E-state index in [4.69, 9.17) is 0 Å². The summed E-state index contributed by atoms with van der Waals surface area (Å²) < 4.78 is 28.3. The molecule has 1 aliphatic heterocycles. The van der Waals surface area contributed by atoms with E-state index in [1.165, 1.54) is 9.87 Å². The highest BCUT2D eigenvalue weighted by Gasteiger charge is 2.35. The molecule has 1 heterocycles. The van der Waals surface area contributed by atoms with Gasteiger partial charge in [0.15, 0.2) is 0 Å². The highest BCUT2D eigenvalue weighted by molar-refractivity contribution is 7.86. The zero-order chi connectivity index (χ0) is 15.5. The maximum absolute atomic E-state index is 12.6. The molecule has 0 spiro atoms. The molecule has 0 aliphatic carbocycles. The maximum Gasteiger partial charge on any atom is 0.282 e. The van der Waals surface area contributed by atoms with Gasteiger partial charge in [0.05, 0.1) is 6.04 Å². The minimum Gasteiger partial charge on any atom is -0.313 e. The average Bonchev–Trinajstić information content (AvgIpc) is 2.54. The summed E-state index contributed by atoms with van der Waals surface area (Å²) in [5.74, 6) is 0. The summed E-state index contributed by atoms with van der Waals surface area (Å²) in [4.78, 5) is 0. The van der Waals surface area contributed by atoms with Crippen LogP contribution in [0.2, 0.25) is 0 Å². The molecule has 1 aliphatic rings. The standard InChI is InChI=1S/C15H25N3O2S/c1-4-13-6-8-14(9-7-13)15-12-16-10-11-18(15)21(19,20)17(3)5-2/h6-9,15-16H,4-5,10-12H2,1-3H3.